The fourth-order valence-corrected chi connectivity index (χ4v) is 2.57. The zero-order chi connectivity index (χ0) is 30.6. The van der Waals surface area contributed by atoms with Gasteiger partial charge in [-0.15, -0.1) is 0 Å². The Morgan fingerprint density at radius 3 is 1.12 bits per heavy atom. The lowest BCUT2D eigenvalue weighted by Crippen LogP contribution is -2.28. The van der Waals surface area contributed by atoms with Crippen LogP contribution in [0.4, 0.5) is 0 Å². The van der Waals surface area contributed by atoms with Crippen molar-refractivity contribution >= 4 is 23.9 Å². The maximum Gasteiger partial charge on any atom is 0.338 e. The summed E-state index contributed by atoms with van der Waals surface area (Å²) in [7, 11) is 0. The van der Waals surface area contributed by atoms with Crippen molar-refractivity contribution in [2.75, 3.05) is 26.4 Å². The van der Waals surface area contributed by atoms with Crippen molar-refractivity contribution < 1.29 is 38.1 Å². The van der Waals surface area contributed by atoms with E-state index in [0.717, 1.165) is 12.2 Å². The molecule has 0 spiro atoms. The van der Waals surface area contributed by atoms with Gasteiger partial charge in [0.05, 0.1) is 37.6 Å². The molecule has 0 atom stereocenters. The minimum Gasteiger partial charge on any atom is -0.462 e. The van der Waals surface area contributed by atoms with Crippen molar-refractivity contribution in [1.29, 1.82) is 0 Å². The second-order valence-corrected chi connectivity index (χ2v) is 9.84. The first-order chi connectivity index (χ1) is 18.9. The van der Waals surface area contributed by atoms with E-state index in [1.165, 1.54) is 0 Å². The number of rotatable bonds is 12. The van der Waals surface area contributed by atoms with Gasteiger partial charge in [-0.05, 0) is 24.3 Å². The molecule has 2 rings (SSSR count). The summed E-state index contributed by atoms with van der Waals surface area (Å²) < 4.78 is 20.3. The Labute approximate surface area is 245 Å². The Bertz CT molecular complexity index is 985. The molecule has 0 amide bonds. The van der Waals surface area contributed by atoms with Crippen LogP contribution in [0.3, 0.4) is 0 Å². The van der Waals surface area contributed by atoms with Crippen LogP contribution < -0.4 is 0 Å². The number of carbonyl (C=O) groups excluding carboxylic acids is 4. The Kier molecular flexibility index (Phi) is 19.6. The fourth-order valence-electron chi connectivity index (χ4n) is 2.57. The van der Waals surface area contributed by atoms with E-state index in [2.05, 4.69) is 13.2 Å². The van der Waals surface area contributed by atoms with E-state index in [1.54, 1.807) is 48.5 Å². The molecule has 0 saturated carbocycles. The van der Waals surface area contributed by atoms with Crippen LogP contribution >= 0.6 is 0 Å². The van der Waals surface area contributed by atoms with Crippen LogP contribution in [0.2, 0.25) is 0 Å². The van der Waals surface area contributed by atoms with Crippen molar-refractivity contribution in [2.24, 2.45) is 10.8 Å². The second-order valence-electron chi connectivity index (χ2n) is 9.84. The summed E-state index contributed by atoms with van der Waals surface area (Å²) in [6.07, 6.45) is 2.21. The van der Waals surface area contributed by atoms with E-state index in [0.29, 0.717) is 11.1 Å². The summed E-state index contributed by atoms with van der Waals surface area (Å²) in [6, 6.07) is 17.5. The molecule has 0 aliphatic heterocycles. The van der Waals surface area contributed by atoms with Crippen molar-refractivity contribution in [3.05, 3.63) is 97.1 Å². The fraction of sp³-hybridized carbons (Fsp3) is 0.394. The van der Waals surface area contributed by atoms with Crippen LogP contribution in [0.25, 0.3) is 0 Å². The zero-order valence-electron chi connectivity index (χ0n) is 24.4. The highest BCUT2D eigenvalue weighted by Crippen LogP contribution is 2.18. The molecule has 0 unspecified atom stereocenters. The molecule has 41 heavy (non-hydrogen) atoms. The summed E-state index contributed by atoms with van der Waals surface area (Å²) in [5.74, 6) is -1.74. The summed E-state index contributed by atoms with van der Waals surface area (Å²) in [6.45, 7) is 18.7. The van der Waals surface area contributed by atoms with Gasteiger partial charge in [0.2, 0.25) is 0 Å². The number of benzene rings is 2. The highest BCUT2D eigenvalue weighted by Gasteiger charge is 2.23. The average Bonchev–Trinajstić information content (AvgIpc) is 2.98. The quantitative estimate of drug-likeness (QED) is 0.155. The lowest BCUT2D eigenvalue weighted by atomic mass is 9.96. The molecule has 8 nitrogen and oxygen atoms in total. The normalized spacial score (nSPS) is 10.0. The lowest BCUT2D eigenvalue weighted by Gasteiger charge is -2.23. The van der Waals surface area contributed by atoms with Gasteiger partial charge in [-0.3, -0.25) is 0 Å². The Morgan fingerprint density at radius 2 is 0.854 bits per heavy atom. The highest BCUT2D eigenvalue weighted by molar-refractivity contribution is 5.89. The monoisotopic (exact) mass is 570 g/mol. The van der Waals surface area contributed by atoms with Crippen LogP contribution in [-0.2, 0) is 28.5 Å². The first kappa shape index (κ1) is 38.9. The number of carbonyl (C=O) groups is 4. The first-order valence-electron chi connectivity index (χ1n) is 12.9. The van der Waals surface area contributed by atoms with E-state index in [9.17, 15) is 19.2 Å². The highest BCUT2D eigenvalue weighted by atomic mass is 16.6. The second kappa shape index (κ2) is 20.7. The predicted octanol–water partition coefficient (Wildman–Crippen LogP) is 6.86. The molecular weight excluding hydrogens is 524 g/mol. The zero-order valence-corrected chi connectivity index (χ0v) is 24.4. The molecule has 0 bridgehead atoms. The third-order valence-electron chi connectivity index (χ3n) is 4.75. The van der Waals surface area contributed by atoms with Crippen LogP contribution in [0.5, 0.6) is 0 Å². The molecule has 226 valence electrons. The Balaban J connectivity index is 0. The summed E-state index contributed by atoms with van der Waals surface area (Å²) in [5.41, 5.74) is 0.120. The summed E-state index contributed by atoms with van der Waals surface area (Å²) in [4.78, 5) is 45.4. The lowest BCUT2D eigenvalue weighted by molar-refractivity contribution is -0.142. The molecule has 0 fully saturated rings. The maximum atomic E-state index is 11.7. The molecule has 0 aliphatic carbocycles. The average molecular weight is 571 g/mol. The van der Waals surface area contributed by atoms with E-state index in [1.807, 2.05) is 53.7 Å². The number of esters is 4. The smallest absolute Gasteiger partial charge is 0.338 e. The molecular formula is C33H46O8. The first-order valence-corrected chi connectivity index (χ1v) is 12.9. The molecule has 0 N–H and O–H groups in total. The van der Waals surface area contributed by atoms with Crippen molar-refractivity contribution in [3.63, 3.8) is 0 Å². The molecule has 8 heteroatoms. The third kappa shape index (κ3) is 17.9. The Morgan fingerprint density at radius 1 is 0.585 bits per heavy atom. The molecule has 0 heterocycles. The maximum absolute atomic E-state index is 11.7. The van der Waals surface area contributed by atoms with Gasteiger partial charge in [0.25, 0.3) is 0 Å². The van der Waals surface area contributed by atoms with E-state index in [-0.39, 0.29) is 45.8 Å². The van der Waals surface area contributed by atoms with E-state index >= 15 is 0 Å². The molecule has 2 aromatic carbocycles. The Hall–Kier alpha value is -4.20. The van der Waals surface area contributed by atoms with Crippen LogP contribution in [0, 0.1) is 10.8 Å². The van der Waals surface area contributed by atoms with Crippen LogP contribution in [0.15, 0.2) is 86.0 Å². The van der Waals surface area contributed by atoms with E-state index in [4.69, 9.17) is 18.9 Å². The van der Waals surface area contributed by atoms with Gasteiger partial charge in [0.1, 0.15) is 0 Å². The van der Waals surface area contributed by atoms with Crippen molar-refractivity contribution in [1.82, 2.24) is 0 Å². The number of ether oxygens (including phenoxy) is 4. The molecule has 0 radical (unpaired) electrons. The number of hydrogen-bond donors (Lipinski definition) is 0. The molecule has 0 aliphatic rings. The van der Waals surface area contributed by atoms with Gasteiger partial charge in [-0.2, -0.15) is 0 Å². The number of hydrogen-bond acceptors (Lipinski definition) is 8. The van der Waals surface area contributed by atoms with Gasteiger partial charge in [-0.1, -0.05) is 98.5 Å². The largest absolute Gasteiger partial charge is 0.462 e. The van der Waals surface area contributed by atoms with Gasteiger partial charge in [0, 0.05) is 23.0 Å². The van der Waals surface area contributed by atoms with E-state index < -0.39 is 22.8 Å². The van der Waals surface area contributed by atoms with Crippen LogP contribution in [-0.4, -0.2) is 50.3 Å². The van der Waals surface area contributed by atoms with Crippen molar-refractivity contribution in [2.45, 2.75) is 49.0 Å². The standard InChI is InChI=1S/2C15H18O4.C2H6.CH4/c2*1-4-13(16)18-10-15(2,3)11-19-14(17)12-8-6-5-7-9-12;1-2;/h2*4-9H,1,10-11H2,2-3H3;1-2H3;1H4. The minimum atomic E-state index is -0.484. The van der Waals surface area contributed by atoms with Gasteiger partial charge in [0.15, 0.2) is 0 Å². The topological polar surface area (TPSA) is 105 Å². The van der Waals surface area contributed by atoms with Crippen LogP contribution in [0.1, 0.15) is 69.7 Å². The summed E-state index contributed by atoms with van der Waals surface area (Å²) >= 11 is 0. The third-order valence-corrected chi connectivity index (χ3v) is 4.75. The molecule has 0 aromatic heterocycles. The summed E-state index contributed by atoms with van der Waals surface area (Å²) in [5, 5.41) is 0. The predicted molar refractivity (Wildman–Crippen MR) is 161 cm³/mol. The van der Waals surface area contributed by atoms with Gasteiger partial charge in [-0.25, -0.2) is 19.2 Å². The SMILES string of the molecule is C.C=CC(=O)OCC(C)(C)COC(=O)c1ccccc1.C=CC(=O)OCC(C)(C)COC(=O)c1ccccc1.CC. The van der Waals surface area contributed by atoms with Crippen molar-refractivity contribution in [3.8, 4) is 0 Å². The minimum absolute atomic E-state index is 0. The van der Waals surface area contributed by atoms with Gasteiger partial charge >= 0.3 is 23.9 Å². The van der Waals surface area contributed by atoms with Gasteiger partial charge < -0.3 is 18.9 Å². The molecule has 2 aromatic rings. The molecule has 0 saturated heterocycles.